The summed E-state index contributed by atoms with van der Waals surface area (Å²) in [6.07, 6.45) is 2.23. The monoisotopic (exact) mass is 429 g/mol. The SMILES string of the molecule is CCC(=O)NCC(NC(=O)CC)C(=O)NCCCc1ccc(C#C[Si](C)(C)C)cc1. The standard InChI is InChI=1S/C23H35N3O3Si/c1-6-21(27)25-17-20(26-22(28)7-2)23(29)24-15-8-9-18-10-12-19(13-11-18)14-16-30(3,4)5/h10-13,20H,6-9,15,17H2,1-5H3,(H,24,29)(H,25,27)(H,26,28). The van der Waals surface area contributed by atoms with Crippen molar-refractivity contribution < 1.29 is 14.4 Å². The van der Waals surface area contributed by atoms with E-state index >= 15 is 0 Å². The number of nitrogens with one attached hydrogen (secondary N) is 3. The van der Waals surface area contributed by atoms with Crippen molar-refractivity contribution in [3.8, 4) is 11.5 Å². The molecule has 6 nitrogen and oxygen atoms in total. The molecule has 1 aromatic rings. The molecule has 0 radical (unpaired) electrons. The van der Waals surface area contributed by atoms with Crippen LogP contribution >= 0.6 is 0 Å². The summed E-state index contributed by atoms with van der Waals surface area (Å²) in [5.74, 6) is 2.57. The van der Waals surface area contributed by atoms with Crippen molar-refractivity contribution in [3.05, 3.63) is 35.4 Å². The van der Waals surface area contributed by atoms with E-state index in [1.54, 1.807) is 13.8 Å². The number of rotatable bonds is 10. The zero-order chi connectivity index (χ0) is 22.6. The minimum atomic E-state index is -1.38. The predicted octanol–water partition coefficient (Wildman–Crippen LogP) is 2.39. The molecule has 0 aliphatic rings. The predicted molar refractivity (Wildman–Crippen MR) is 124 cm³/mol. The van der Waals surface area contributed by atoms with Crippen molar-refractivity contribution in [3.63, 3.8) is 0 Å². The topological polar surface area (TPSA) is 87.3 Å². The molecule has 3 amide bonds. The first kappa shape index (κ1) is 25.4. The smallest absolute Gasteiger partial charge is 0.244 e. The Bertz CT molecular complexity index is 774. The van der Waals surface area contributed by atoms with E-state index in [9.17, 15) is 14.4 Å². The largest absolute Gasteiger partial charge is 0.354 e. The van der Waals surface area contributed by atoms with Gasteiger partial charge in [0.25, 0.3) is 0 Å². The highest BCUT2D eigenvalue weighted by molar-refractivity contribution is 6.83. The molecule has 1 aromatic carbocycles. The summed E-state index contributed by atoms with van der Waals surface area (Å²) in [6, 6.07) is 7.44. The Hall–Kier alpha value is -2.59. The molecule has 7 heteroatoms. The maximum atomic E-state index is 12.4. The van der Waals surface area contributed by atoms with Crippen LogP contribution in [0.25, 0.3) is 0 Å². The zero-order valence-electron chi connectivity index (χ0n) is 18.9. The van der Waals surface area contributed by atoms with Crippen molar-refractivity contribution in [2.24, 2.45) is 0 Å². The van der Waals surface area contributed by atoms with Gasteiger partial charge in [-0.2, -0.15) is 0 Å². The van der Waals surface area contributed by atoms with Crippen molar-refractivity contribution in [2.45, 2.75) is 65.2 Å². The van der Waals surface area contributed by atoms with Crippen molar-refractivity contribution in [1.29, 1.82) is 0 Å². The molecule has 0 aliphatic carbocycles. The molecule has 0 heterocycles. The zero-order valence-corrected chi connectivity index (χ0v) is 19.9. The average molecular weight is 430 g/mol. The molecule has 0 saturated carbocycles. The molecule has 164 valence electrons. The molecule has 0 bridgehead atoms. The van der Waals surface area contributed by atoms with Gasteiger partial charge in [0, 0.05) is 31.5 Å². The van der Waals surface area contributed by atoms with Gasteiger partial charge in [0.2, 0.25) is 17.7 Å². The van der Waals surface area contributed by atoms with Gasteiger partial charge in [0.15, 0.2) is 0 Å². The van der Waals surface area contributed by atoms with Crippen LogP contribution in [0.3, 0.4) is 0 Å². The fourth-order valence-electron chi connectivity index (χ4n) is 2.49. The molecular formula is C23H35N3O3Si. The molecule has 1 rings (SSSR count). The number of carbonyl (C=O) groups excluding carboxylic acids is 3. The molecule has 0 spiro atoms. The van der Waals surface area contributed by atoms with Gasteiger partial charge in [0.1, 0.15) is 14.1 Å². The molecule has 0 fully saturated rings. The molecule has 1 atom stereocenters. The third-order valence-electron chi connectivity index (χ3n) is 4.27. The van der Waals surface area contributed by atoms with E-state index in [1.165, 1.54) is 5.56 Å². The number of hydrogen-bond donors (Lipinski definition) is 3. The lowest BCUT2D eigenvalue weighted by Gasteiger charge is -2.18. The second kappa shape index (κ2) is 12.9. The van der Waals surface area contributed by atoms with Crippen molar-refractivity contribution in [1.82, 2.24) is 16.0 Å². The second-order valence-electron chi connectivity index (χ2n) is 8.22. The molecule has 0 aliphatic heterocycles. The van der Waals surface area contributed by atoms with Crippen LogP contribution in [-0.4, -0.2) is 44.9 Å². The molecule has 0 saturated heterocycles. The summed E-state index contributed by atoms with van der Waals surface area (Å²) < 4.78 is 0. The van der Waals surface area contributed by atoms with Gasteiger partial charge in [-0.25, -0.2) is 0 Å². The second-order valence-corrected chi connectivity index (χ2v) is 13.0. The Kier molecular flexibility index (Phi) is 10.9. The Labute approximate surface area is 181 Å². The maximum absolute atomic E-state index is 12.4. The minimum Gasteiger partial charge on any atom is -0.354 e. The first-order valence-electron chi connectivity index (χ1n) is 10.6. The van der Waals surface area contributed by atoms with Gasteiger partial charge in [0.05, 0.1) is 0 Å². The average Bonchev–Trinajstić information content (AvgIpc) is 2.72. The minimum absolute atomic E-state index is 0.0875. The van der Waals surface area contributed by atoms with E-state index in [-0.39, 0.29) is 30.7 Å². The van der Waals surface area contributed by atoms with E-state index in [1.807, 2.05) is 12.1 Å². The summed E-state index contributed by atoms with van der Waals surface area (Å²) >= 11 is 0. The van der Waals surface area contributed by atoms with Crippen LogP contribution in [0.5, 0.6) is 0 Å². The lowest BCUT2D eigenvalue weighted by atomic mass is 10.1. The van der Waals surface area contributed by atoms with Crippen LogP contribution in [0, 0.1) is 11.5 Å². The molecular weight excluding hydrogens is 394 g/mol. The Balaban J connectivity index is 2.49. The third kappa shape index (κ3) is 10.8. The summed E-state index contributed by atoms with van der Waals surface area (Å²) in [4.78, 5) is 35.6. The summed E-state index contributed by atoms with van der Waals surface area (Å²) in [5, 5.41) is 8.17. The normalized spacial score (nSPS) is 11.6. The van der Waals surface area contributed by atoms with Gasteiger partial charge in [-0.15, -0.1) is 5.54 Å². The van der Waals surface area contributed by atoms with Gasteiger partial charge in [-0.05, 0) is 30.5 Å². The first-order chi connectivity index (χ1) is 14.1. The van der Waals surface area contributed by atoms with Crippen molar-refractivity contribution in [2.75, 3.05) is 13.1 Å². The fourth-order valence-corrected chi connectivity index (χ4v) is 3.01. The van der Waals surface area contributed by atoms with E-state index in [4.69, 9.17) is 0 Å². The summed E-state index contributed by atoms with van der Waals surface area (Å²) in [5.41, 5.74) is 5.57. The summed E-state index contributed by atoms with van der Waals surface area (Å²) in [7, 11) is -1.38. The lowest BCUT2D eigenvalue weighted by Crippen LogP contribution is -2.52. The number of amides is 3. The third-order valence-corrected chi connectivity index (χ3v) is 5.15. The molecule has 3 N–H and O–H groups in total. The first-order valence-corrected chi connectivity index (χ1v) is 14.1. The maximum Gasteiger partial charge on any atom is 0.244 e. The van der Waals surface area contributed by atoms with Gasteiger partial charge >= 0.3 is 0 Å². The summed E-state index contributed by atoms with van der Waals surface area (Å²) in [6.45, 7) is 10.7. The van der Waals surface area contributed by atoms with E-state index in [2.05, 4.69) is 59.2 Å². The fraction of sp³-hybridized carbons (Fsp3) is 0.522. The van der Waals surface area contributed by atoms with E-state index < -0.39 is 14.1 Å². The highest BCUT2D eigenvalue weighted by Crippen LogP contribution is 2.07. The van der Waals surface area contributed by atoms with Crippen LogP contribution in [0.2, 0.25) is 19.6 Å². The van der Waals surface area contributed by atoms with Gasteiger partial charge in [-0.1, -0.05) is 51.5 Å². The molecule has 1 unspecified atom stereocenters. The van der Waals surface area contributed by atoms with E-state index in [0.717, 1.165) is 18.4 Å². The van der Waals surface area contributed by atoms with Crippen LogP contribution in [0.15, 0.2) is 24.3 Å². The lowest BCUT2D eigenvalue weighted by molar-refractivity contribution is -0.129. The number of benzene rings is 1. The Morgan fingerprint density at radius 1 is 0.967 bits per heavy atom. The Morgan fingerprint density at radius 3 is 2.17 bits per heavy atom. The van der Waals surface area contributed by atoms with Crippen molar-refractivity contribution >= 4 is 25.8 Å². The van der Waals surface area contributed by atoms with Crippen LogP contribution in [0.1, 0.15) is 44.2 Å². The number of carbonyl (C=O) groups is 3. The highest BCUT2D eigenvalue weighted by Gasteiger charge is 2.20. The van der Waals surface area contributed by atoms with Crippen LogP contribution in [0.4, 0.5) is 0 Å². The van der Waals surface area contributed by atoms with E-state index in [0.29, 0.717) is 13.0 Å². The highest BCUT2D eigenvalue weighted by atomic mass is 28.3. The Morgan fingerprint density at radius 2 is 1.60 bits per heavy atom. The van der Waals surface area contributed by atoms with Crippen LogP contribution < -0.4 is 16.0 Å². The molecule has 30 heavy (non-hydrogen) atoms. The van der Waals surface area contributed by atoms with Crippen LogP contribution in [-0.2, 0) is 20.8 Å². The van der Waals surface area contributed by atoms with Gasteiger partial charge in [-0.3, -0.25) is 14.4 Å². The molecule has 0 aromatic heterocycles. The number of aryl methyl sites for hydroxylation is 1. The quantitative estimate of drug-likeness (QED) is 0.303. The van der Waals surface area contributed by atoms with Gasteiger partial charge < -0.3 is 16.0 Å². The number of hydrogen-bond acceptors (Lipinski definition) is 3.